The molecule has 5 heteroatoms. The van der Waals surface area contributed by atoms with Crippen molar-refractivity contribution >= 4 is 27.7 Å². The van der Waals surface area contributed by atoms with Crippen LogP contribution in [0.5, 0.6) is 5.75 Å². The average Bonchev–Trinajstić information content (AvgIpc) is 2.26. The van der Waals surface area contributed by atoms with Gasteiger partial charge in [0.05, 0.1) is 12.8 Å². The molecule has 1 amide bonds. The van der Waals surface area contributed by atoms with Gasteiger partial charge in [0, 0.05) is 11.4 Å². The first kappa shape index (κ1) is 14.8. The third kappa shape index (κ3) is 4.56. The summed E-state index contributed by atoms with van der Waals surface area (Å²) in [6.45, 7) is 5.47. The summed E-state index contributed by atoms with van der Waals surface area (Å²) in [5.41, 5.74) is 1.12. The predicted molar refractivity (Wildman–Crippen MR) is 75.5 cm³/mol. The Balaban J connectivity index is 2.85. The second-order valence-corrected chi connectivity index (χ2v) is 5.34. The molecule has 1 aromatic carbocycles. The summed E-state index contributed by atoms with van der Waals surface area (Å²) >= 11 is 3.37. The van der Waals surface area contributed by atoms with Crippen molar-refractivity contribution in [3.63, 3.8) is 0 Å². The van der Waals surface area contributed by atoms with Gasteiger partial charge in [0.1, 0.15) is 11.4 Å². The lowest BCUT2D eigenvalue weighted by Gasteiger charge is -2.20. The van der Waals surface area contributed by atoms with Crippen LogP contribution in [0, 0.1) is 0 Å². The molecule has 0 aliphatic rings. The van der Waals surface area contributed by atoms with Crippen LogP contribution < -0.4 is 10.1 Å². The Labute approximate surface area is 116 Å². The summed E-state index contributed by atoms with van der Waals surface area (Å²) in [5, 5.41) is 3.36. The number of benzene rings is 1. The molecule has 0 saturated heterocycles. The molecule has 0 heterocycles. The van der Waals surface area contributed by atoms with Gasteiger partial charge in [0.2, 0.25) is 0 Å². The fourth-order valence-electron chi connectivity index (χ4n) is 1.33. The number of ether oxygens (including phenoxy) is 2. The van der Waals surface area contributed by atoms with Gasteiger partial charge in [-0.1, -0.05) is 22.0 Å². The summed E-state index contributed by atoms with van der Waals surface area (Å²) in [4.78, 5) is 11.7. The molecule has 0 unspecified atom stereocenters. The highest BCUT2D eigenvalue weighted by atomic mass is 79.9. The highest BCUT2D eigenvalue weighted by Gasteiger charge is 2.17. The third-order valence-corrected chi connectivity index (χ3v) is 2.70. The topological polar surface area (TPSA) is 47.6 Å². The quantitative estimate of drug-likeness (QED) is 0.859. The molecule has 1 aromatic rings. The molecule has 0 radical (unpaired) electrons. The van der Waals surface area contributed by atoms with Gasteiger partial charge < -0.3 is 9.47 Å². The molecule has 100 valence electrons. The molecule has 0 saturated carbocycles. The van der Waals surface area contributed by atoms with Gasteiger partial charge >= 0.3 is 6.09 Å². The lowest BCUT2D eigenvalue weighted by Crippen LogP contribution is -2.27. The number of hydrogen-bond donors (Lipinski definition) is 1. The van der Waals surface area contributed by atoms with E-state index in [1.54, 1.807) is 13.2 Å². The van der Waals surface area contributed by atoms with Crippen LogP contribution in [0.4, 0.5) is 10.5 Å². The summed E-state index contributed by atoms with van der Waals surface area (Å²) in [7, 11) is 1.58. The lowest BCUT2D eigenvalue weighted by atomic mass is 10.2. The van der Waals surface area contributed by atoms with Crippen LogP contribution in [0.25, 0.3) is 0 Å². The molecule has 4 nitrogen and oxygen atoms in total. The maximum absolute atomic E-state index is 11.7. The van der Waals surface area contributed by atoms with E-state index in [0.717, 1.165) is 5.56 Å². The maximum Gasteiger partial charge on any atom is 0.412 e. The largest absolute Gasteiger partial charge is 0.497 e. The second kappa shape index (κ2) is 6.09. The van der Waals surface area contributed by atoms with Gasteiger partial charge in [0.15, 0.2) is 0 Å². The van der Waals surface area contributed by atoms with E-state index in [0.29, 0.717) is 16.8 Å². The highest BCUT2D eigenvalue weighted by Crippen LogP contribution is 2.25. The zero-order valence-corrected chi connectivity index (χ0v) is 12.6. The molecule has 0 bridgehead atoms. The van der Waals surface area contributed by atoms with Crippen LogP contribution in [0.1, 0.15) is 26.3 Å². The number of nitrogens with one attached hydrogen (secondary N) is 1. The summed E-state index contributed by atoms with van der Waals surface area (Å²) < 4.78 is 10.3. The van der Waals surface area contributed by atoms with Crippen molar-refractivity contribution in [2.75, 3.05) is 12.4 Å². The first-order valence-corrected chi connectivity index (χ1v) is 6.71. The van der Waals surface area contributed by atoms with Gasteiger partial charge in [-0.25, -0.2) is 4.79 Å². The zero-order valence-electron chi connectivity index (χ0n) is 11.0. The van der Waals surface area contributed by atoms with Crippen molar-refractivity contribution in [1.82, 2.24) is 0 Å². The minimum Gasteiger partial charge on any atom is -0.497 e. The van der Waals surface area contributed by atoms with Crippen LogP contribution in [0.3, 0.4) is 0 Å². The standard InChI is InChI=1S/C13H18BrNO3/c1-13(2,3)18-12(16)15-11-7-10(17-4)6-5-9(11)8-14/h5-7H,8H2,1-4H3,(H,15,16). The van der Waals surface area contributed by atoms with E-state index >= 15 is 0 Å². The number of amides is 1. The van der Waals surface area contributed by atoms with Gasteiger partial charge in [0.25, 0.3) is 0 Å². The number of halogens is 1. The van der Waals surface area contributed by atoms with E-state index < -0.39 is 11.7 Å². The number of carbonyl (C=O) groups is 1. The Morgan fingerprint density at radius 1 is 1.39 bits per heavy atom. The molecular weight excluding hydrogens is 298 g/mol. The Kier molecular flexibility index (Phi) is 5.02. The smallest absolute Gasteiger partial charge is 0.412 e. The predicted octanol–water partition coefficient (Wildman–Crippen LogP) is 3.94. The highest BCUT2D eigenvalue weighted by molar-refractivity contribution is 9.08. The van der Waals surface area contributed by atoms with Crippen LogP contribution in [0.2, 0.25) is 0 Å². The molecule has 0 fully saturated rings. The summed E-state index contributed by atoms with van der Waals surface area (Å²) in [6.07, 6.45) is -0.474. The first-order valence-electron chi connectivity index (χ1n) is 5.58. The molecule has 0 atom stereocenters. The van der Waals surface area contributed by atoms with Gasteiger partial charge in [-0.05, 0) is 32.4 Å². The molecular formula is C13H18BrNO3. The molecule has 0 aliphatic heterocycles. The van der Waals surface area contributed by atoms with Crippen LogP contribution >= 0.6 is 15.9 Å². The van der Waals surface area contributed by atoms with Crippen LogP contribution in [-0.4, -0.2) is 18.8 Å². The average molecular weight is 316 g/mol. The number of carbonyl (C=O) groups excluding carboxylic acids is 1. The van der Waals surface area contributed by atoms with Crippen molar-refractivity contribution in [2.45, 2.75) is 31.7 Å². The van der Waals surface area contributed by atoms with Gasteiger partial charge in [-0.3, -0.25) is 5.32 Å². The van der Waals surface area contributed by atoms with Crippen molar-refractivity contribution < 1.29 is 14.3 Å². The molecule has 0 aromatic heterocycles. The normalized spacial score (nSPS) is 10.9. The fraction of sp³-hybridized carbons (Fsp3) is 0.462. The lowest BCUT2D eigenvalue weighted by molar-refractivity contribution is 0.0636. The van der Waals surface area contributed by atoms with Crippen LogP contribution in [0.15, 0.2) is 18.2 Å². The molecule has 1 N–H and O–H groups in total. The number of alkyl halides is 1. The minimum atomic E-state index is -0.516. The minimum absolute atomic E-state index is 0.474. The van der Waals surface area contributed by atoms with E-state index in [1.807, 2.05) is 32.9 Å². The van der Waals surface area contributed by atoms with E-state index in [-0.39, 0.29) is 0 Å². The Morgan fingerprint density at radius 2 is 2.06 bits per heavy atom. The van der Waals surface area contributed by atoms with Crippen molar-refractivity contribution in [2.24, 2.45) is 0 Å². The van der Waals surface area contributed by atoms with Gasteiger partial charge in [-0.15, -0.1) is 0 Å². The summed E-state index contributed by atoms with van der Waals surface area (Å²) in [6, 6.07) is 5.50. The van der Waals surface area contributed by atoms with E-state index in [2.05, 4.69) is 21.2 Å². The number of rotatable bonds is 3. The molecule has 18 heavy (non-hydrogen) atoms. The third-order valence-electron chi connectivity index (χ3n) is 2.10. The van der Waals surface area contributed by atoms with Crippen LogP contribution in [-0.2, 0) is 10.1 Å². The van der Waals surface area contributed by atoms with E-state index in [1.165, 1.54) is 0 Å². The maximum atomic E-state index is 11.7. The monoisotopic (exact) mass is 315 g/mol. The zero-order chi connectivity index (χ0) is 13.8. The Hall–Kier alpha value is -1.23. The summed E-state index contributed by atoms with van der Waals surface area (Å²) in [5.74, 6) is 0.686. The SMILES string of the molecule is COc1ccc(CBr)c(NC(=O)OC(C)(C)C)c1. The van der Waals surface area contributed by atoms with Crippen molar-refractivity contribution in [3.8, 4) is 5.75 Å². The number of anilines is 1. The van der Waals surface area contributed by atoms with E-state index in [9.17, 15) is 4.79 Å². The second-order valence-electron chi connectivity index (χ2n) is 4.78. The van der Waals surface area contributed by atoms with Crippen molar-refractivity contribution in [3.05, 3.63) is 23.8 Å². The fourth-order valence-corrected chi connectivity index (χ4v) is 1.82. The molecule has 0 aliphatic carbocycles. The number of hydrogen-bond acceptors (Lipinski definition) is 3. The Morgan fingerprint density at radius 3 is 2.56 bits per heavy atom. The molecule has 1 rings (SSSR count). The van der Waals surface area contributed by atoms with Crippen molar-refractivity contribution in [1.29, 1.82) is 0 Å². The first-order chi connectivity index (χ1) is 8.35. The molecule has 0 spiro atoms. The Bertz CT molecular complexity index is 427. The van der Waals surface area contributed by atoms with Gasteiger partial charge in [-0.2, -0.15) is 0 Å². The number of methoxy groups -OCH3 is 1. The van der Waals surface area contributed by atoms with E-state index in [4.69, 9.17) is 9.47 Å².